The van der Waals surface area contributed by atoms with Gasteiger partial charge in [0, 0.05) is 30.9 Å². The third-order valence-corrected chi connectivity index (χ3v) is 4.40. The lowest BCUT2D eigenvalue weighted by molar-refractivity contribution is -0.121. The van der Waals surface area contributed by atoms with Crippen LogP contribution >= 0.6 is 0 Å². The largest absolute Gasteiger partial charge is 0.489 e. The minimum atomic E-state index is 0.0586. The van der Waals surface area contributed by atoms with Gasteiger partial charge in [-0.3, -0.25) is 9.78 Å². The molecule has 4 nitrogen and oxygen atoms in total. The molecule has 0 saturated heterocycles. The molecular weight excluding hydrogens is 336 g/mol. The average Bonchev–Trinajstić information content (AvgIpc) is 2.73. The maximum Gasteiger partial charge on any atom is 0.220 e. The number of nitrogens with zero attached hydrogens (tertiary/aromatic N) is 1. The van der Waals surface area contributed by atoms with Gasteiger partial charge in [0.05, 0.1) is 0 Å². The molecule has 3 aromatic rings. The van der Waals surface area contributed by atoms with E-state index < -0.39 is 0 Å². The number of benzene rings is 2. The molecule has 1 N–H and O–H groups in total. The highest BCUT2D eigenvalue weighted by molar-refractivity contribution is 5.76. The average molecular weight is 360 g/mol. The van der Waals surface area contributed by atoms with Crippen LogP contribution in [0.5, 0.6) is 5.75 Å². The normalized spacial score (nSPS) is 11.6. The number of aromatic nitrogens is 1. The summed E-state index contributed by atoms with van der Waals surface area (Å²) in [7, 11) is 0. The molecule has 0 radical (unpaired) electrons. The second-order valence-corrected chi connectivity index (χ2v) is 6.59. The second-order valence-electron chi connectivity index (χ2n) is 6.59. The first-order valence-corrected chi connectivity index (χ1v) is 9.13. The minimum Gasteiger partial charge on any atom is -0.489 e. The van der Waals surface area contributed by atoms with Crippen molar-refractivity contribution in [2.24, 2.45) is 0 Å². The highest BCUT2D eigenvalue weighted by atomic mass is 16.5. The zero-order valence-electron chi connectivity index (χ0n) is 15.5. The maximum absolute atomic E-state index is 12.2. The van der Waals surface area contributed by atoms with Gasteiger partial charge in [0.1, 0.15) is 12.4 Å². The number of carbonyl (C=O) groups excluding carboxylic acids is 1. The molecule has 0 spiro atoms. The first-order chi connectivity index (χ1) is 13.2. The predicted octanol–water partition coefficient (Wildman–Crippen LogP) is 4.47. The van der Waals surface area contributed by atoms with Crippen LogP contribution in [0.2, 0.25) is 0 Å². The summed E-state index contributed by atoms with van der Waals surface area (Å²) in [6.45, 7) is 3.08. The van der Waals surface area contributed by atoms with Crippen molar-refractivity contribution in [3.05, 3.63) is 95.8 Å². The fourth-order valence-corrected chi connectivity index (χ4v) is 2.80. The van der Waals surface area contributed by atoms with Gasteiger partial charge in [-0.05, 0) is 35.2 Å². The number of hydrogen-bond donors (Lipinski definition) is 1. The molecule has 2 aromatic carbocycles. The summed E-state index contributed by atoms with van der Waals surface area (Å²) in [4.78, 5) is 16.3. The Balaban J connectivity index is 1.43. The van der Waals surface area contributed by atoms with Crippen molar-refractivity contribution in [2.75, 3.05) is 0 Å². The minimum absolute atomic E-state index is 0.0586. The van der Waals surface area contributed by atoms with E-state index in [0.29, 0.717) is 19.6 Å². The number of hydrogen-bond acceptors (Lipinski definition) is 3. The highest BCUT2D eigenvalue weighted by Crippen LogP contribution is 2.18. The van der Waals surface area contributed by atoms with Crippen molar-refractivity contribution in [3.8, 4) is 5.75 Å². The Morgan fingerprint density at radius 3 is 2.48 bits per heavy atom. The van der Waals surface area contributed by atoms with Crippen molar-refractivity contribution >= 4 is 5.91 Å². The van der Waals surface area contributed by atoms with E-state index >= 15 is 0 Å². The van der Waals surface area contributed by atoms with Crippen LogP contribution in [0.25, 0.3) is 0 Å². The summed E-state index contributed by atoms with van der Waals surface area (Å²) in [5, 5.41) is 2.99. The molecule has 1 unspecified atom stereocenters. The van der Waals surface area contributed by atoms with Crippen LogP contribution in [-0.2, 0) is 17.9 Å². The number of pyridine rings is 1. The monoisotopic (exact) mass is 360 g/mol. The fraction of sp³-hybridized carbons (Fsp3) is 0.217. The Morgan fingerprint density at radius 1 is 1.00 bits per heavy atom. The summed E-state index contributed by atoms with van der Waals surface area (Å²) >= 11 is 0. The summed E-state index contributed by atoms with van der Waals surface area (Å²) in [5.41, 5.74) is 3.26. The lowest BCUT2D eigenvalue weighted by Gasteiger charge is -2.12. The molecular formula is C23H24N2O2. The topological polar surface area (TPSA) is 51.2 Å². The number of rotatable bonds is 8. The van der Waals surface area contributed by atoms with E-state index in [1.807, 2.05) is 54.6 Å². The maximum atomic E-state index is 12.2. The van der Waals surface area contributed by atoms with Gasteiger partial charge < -0.3 is 10.1 Å². The molecule has 0 aliphatic carbocycles. The Morgan fingerprint density at radius 2 is 1.78 bits per heavy atom. The summed E-state index contributed by atoms with van der Waals surface area (Å²) in [6.07, 6.45) is 4.02. The number of ether oxygens (including phenoxy) is 1. The third kappa shape index (κ3) is 5.96. The summed E-state index contributed by atoms with van der Waals surface area (Å²) in [5.74, 6) is 1.06. The quantitative estimate of drug-likeness (QED) is 0.645. The molecule has 0 saturated carbocycles. The first kappa shape index (κ1) is 18.6. The van der Waals surface area contributed by atoms with Crippen LogP contribution in [0.1, 0.15) is 36.0 Å². The molecule has 0 bridgehead atoms. The van der Waals surface area contributed by atoms with Gasteiger partial charge in [0.15, 0.2) is 0 Å². The van der Waals surface area contributed by atoms with Crippen molar-refractivity contribution < 1.29 is 9.53 Å². The van der Waals surface area contributed by atoms with Gasteiger partial charge in [-0.25, -0.2) is 0 Å². The number of amides is 1. The van der Waals surface area contributed by atoms with Crippen LogP contribution in [0, 0.1) is 0 Å². The number of carbonyl (C=O) groups is 1. The van der Waals surface area contributed by atoms with Gasteiger partial charge in [-0.2, -0.15) is 0 Å². The van der Waals surface area contributed by atoms with Gasteiger partial charge in [0.2, 0.25) is 5.91 Å². The van der Waals surface area contributed by atoms with E-state index in [0.717, 1.165) is 16.9 Å². The zero-order valence-corrected chi connectivity index (χ0v) is 15.5. The Bertz CT molecular complexity index is 833. The third-order valence-electron chi connectivity index (χ3n) is 4.40. The van der Waals surface area contributed by atoms with E-state index in [1.54, 1.807) is 12.4 Å². The van der Waals surface area contributed by atoms with Crippen LogP contribution in [0.4, 0.5) is 0 Å². The van der Waals surface area contributed by atoms with Crippen molar-refractivity contribution in [1.29, 1.82) is 0 Å². The molecule has 1 atom stereocenters. The molecule has 0 fully saturated rings. The molecule has 138 valence electrons. The SMILES string of the molecule is CC(CC(=O)NCc1ccc(OCc2cccnc2)cc1)c1ccccc1. The summed E-state index contributed by atoms with van der Waals surface area (Å²) < 4.78 is 5.75. The fourth-order valence-electron chi connectivity index (χ4n) is 2.80. The van der Waals surface area contributed by atoms with Crippen LogP contribution < -0.4 is 10.1 Å². The highest BCUT2D eigenvalue weighted by Gasteiger charge is 2.10. The molecule has 1 heterocycles. The van der Waals surface area contributed by atoms with Gasteiger partial charge >= 0.3 is 0 Å². The van der Waals surface area contributed by atoms with Crippen molar-refractivity contribution in [3.63, 3.8) is 0 Å². The van der Waals surface area contributed by atoms with E-state index in [2.05, 4.69) is 29.4 Å². The van der Waals surface area contributed by atoms with Crippen LogP contribution in [0.3, 0.4) is 0 Å². The van der Waals surface area contributed by atoms with Crippen molar-refractivity contribution in [2.45, 2.75) is 32.4 Å². The van der Waals surface area contributed by atoms with Gasteiger partial charge in [0.25, 0.3) is 0 Å². The van der Waals surface area contributed by atoms with Crippen LogP contribution in [0.15, 0.2) is 79.1 Å². The first-order valence-electron chi connectivity index (χ1n) is 9.13. The van der Waals surface area contributed by atoms with Crippen molar-refractivity contribution in [1.82, 2.24) is 10.3 Å². The Hall–Kier alpha value is -3.14. The van der Waals surface area contributed by atoms with E-state index in [9.17, 15) is 4.79 Å². The Kier molecular flexibility index (Phi) is 6.58. The lowest BCUT2D eigenvalue weighted by Crippen LogP contribution is -2.24. The van der Waals surface area contributed by atoms with E-state index in [1.165, 1.54) is 5.56 Å². The molecule has 1 amide bonds. The molecule has 0 aliphatic heterocycles. The molecule has 4 heteroatoms. The zero-order chi connectivity index (χ0) is 18.9. The van der Waals surface area contributed by atoms with Crippen LogP contribution in [-0.4, -0.2) is 10.9 Å². The van der Waals surface area contributed by atoms with Gasteiger partial charge in [-0.1, -0.05) is 55.5 Å². The molecule has 1 aromatic heterocycles. The Labute approximate surface area is 160 Å². The predicted molar refractivity (Wildman–Crippen MR) is 106 cm³/mol. The number of nitrogens with one attached hydrogen (secondary N) is 1. The van der Waals surface area contributed by atoms with Gasteiger partial charge in [-0.15, -0.1) is 0 Å². The molecule has 27 heavy (non-hydrogen) atoms. The smallest absolute Gasteiger partial charge is 0.220 e. The lowest BCUT2D eigenvalue weighted by atomic mass is 9.97. The molecule has 0 aliphatic rings. The van der Waals surface area contributed by atoms with E-state index in [4.69, 9.17) is 4.74 Å². The van der Waals surface area contributed by atoms with E-state index in [-0.39, 0.29) is 11.8 Å². The second kappa shape index (κ2) is 9.53. The standard InChI is InChI=1S/C23H24N2O2/c1-18(21-7-3-2-4-8-21)14-23(26)25-16-19-9-11-22(12-10-19)27-17-20-6-5-13-24-15-20/h2-13,15,18H,14,16-17H2,1H3,(H,25,26). The molecule has 3 rings (SSSR count). The summed E-state index contributed by atoms with van der Waals surface area (Å²) in [6, 6.07) is 21.8.